The van der Waals surface area contributed by atoms with Crippen LogP contribution in [-0.2, 0) is 6.54 Å². The van der Waals surface area contributed by atoms with E-state index in [-0.39, 0.29) is 11.9 Å². The normalized spacial score (nSPS) is 23.2. The number of hydrogen-bond donors (Lipinski definition) is 1. The highest BCUT2D eigenvalue weighted by Gasteiger charge is 2.33. The number of hydrogen-bond acceptors (Lipinski definition) is 3. The van der Waals surface area contributed by atoms with Crippen LogP contribution < -0.4 is 5.32 Å². The third-order valence-corrected chi connectivity index (χ3v) is 7.00. The van der Waals surface area contributed by atoms with Crippen molar-refractivity contribution in [3.63, 3.8) is 0 Å². The number of rotatable bonds is 5. The SMILES string of the molecule is O=C(N[C@@H]1CC[C@@H]2CCCC[C@H]2C1)c1cn(Cc2ccccc2)nc1-c1cccnc1. The number of carbonyl (C=O) groups is 1. The molecular formula is C26H30N4O. The molecular weight excluding hydrogens is 384 g/mol. The first-order valence-corrected chi connectivity index (χ1v) is 11.6. The molecule has 3 atom stereocenters. The lowest BCUT2D eigenvalue weighted by Crippen LogP contribution is -2.41. The van der Waals surface area contributed by atoms with E-state index in [1.807, 2.05) is 41.2 Å². The minimum atomic E-state index is -0.0163. The Hall–Kier alpha value is -2.95. The molecule has 0 aliphatic heterocycles. The van der Waals surface area contributed by atoms with Gasteiger partial charge in [-0.15, -0.1) is 0 Å². The monoisotopic (exact) mass is 414 g/mol. The van der Waals surface area contributed by atoms with Crippen LogP contribution in [0.4, 0.5) is 0 Å². The van der Waals surface area contributed by atoms with Crippen molar-refractivity contribution in [3.05, 3.63) is 72.2 Å². The third-order valence-electron chi connectivity index (χ3n) is 7.00. The van der Waals surface area contributed by atoms with E-state index in [1.54, 1.807) is 12.4 Å². The largest absolute Gasteiger partial charge is 0.349 e. The van der Waals surface area contributed by atoms with Crippen molar-refractivity contribution in [1.29, 1.82) is 0 Å². The van der Waals surface area contributed by atoms with Gasteiger partial charge in [0, 0.05) is 30.2 Å². The van der Waals surface area contributed by atoms with E-state index < -0.39 is 0 Å². The summed E-state index contributed by atoms with van der Waals surface area (Å²) in [6.45, 7) is 0.633. The summed E-state index contributed by atoms with van der Waals surface area (Å²) < 4.78 is 1.87. The van der Waals surface area contributed by atoms with E-state index in [2.05, 4.69) is 22.4 Å². The molecule has 1 aromatic carbocycles. The van der Waals surface area contributed by atoms with E-state index in [0.29, 0.717) is 17.8 Å². The number of carbonyl (C=O) groups excluding carboxylic acids is 1. The Morgan fingerprint density at radius 1 is 1.00 bits per heavy atom. The van der Waals surface area contributed by atoms with E-state index in [1.165, 1.54) is 32.1 Å². The van der Waals surface area contributed by atoms with Crippen LogP contribution in [0.5, 0.6) is 0 Å². The number of aromatic nitrogens is 3. The molecule has 160 valence electrons. The Bertz CT molecular complexity index is 1010. The Morgan fingerprint density at radius 3 is 2.65 bits per heavy atom. The van der Waals surface area contributed by atoms with Gasteiger partial charge in [-0.25, -0.2) is 0 Å². The summed E-state index contributed by atoms with van der Waals surface area (Å²) in [7, 11) is 0. The van der Waals surface area contributed by atoms with Crippen molar-refractivity contribution >= 4 is 5.91 Å². The second-order valence-electron chi connectivity index (χ2n) is 9.10. The standard InChI is InChI=1S/C26H30N4O/c31-26(28-23-13-12-20-9-4-5-10-21(20)15-23)24-18-30(17-19-7-2-1-3-8-19)29-25(24)22-11-6-14-27-16-22/h1-3,6-8,11,14,16,18,20-21,23H,4-5,9-10,12-13,15,17H2,(H,28,31)/t20-,21-,23+/m0/s1. The molecule has 5 nitrogen and oxygen atoms in total. The van der Waals surface area contributed by atoms with Gasteiger partial charge in [-0.05, 0) is 48.8 Å². The predicted molar refractivity (Wildman–Crippen MR) is 122 cm³/mol. The van der Waals surface area contributed by atoms with Crippen LogP contribution in [-0.4, -0.2) is 26.7 Å². The van der Waals surface area contributed by atoms with E-state index in [9.17, 15) is 4.79 Å². The summed E-state index contributed by atoms with van der Waals surface area (Å²) in [5, 5.41) is 8.11. The average Bonchev–Trinajstić information content (AvgIpc) is 3.24. The van der Waals surface area contributed by atoms with Crippen LogP contribution in [0.15, 0.2) is 61.1 Å². The summed E-state index contributed by atoms with van der Waals surface area (Å²) >= 11 is 0. The van der Waals surface area contributed by atoms with E-state index in [0.717, 1.165) is 35.8 Å². The van der Waals surface area contributed by atoms with Crippen LogP contribution in [0, 0.1) is 11.8 Å². The lowest BCUT2D eigenvalue weighted by molar-refractivity contribution is 0.0880. The maximum atomic E-state index is 13.3. The third kappa shape index (κ3) is 4.55. The van der Waals surface area contributed by atoms with Gasteiger partial charge in [0.1, 0.15) is 5.69 Å². The molecule has 2 aliphatic rings. The van der Waals surface area contributed by atoms with Crippen molar-refractivity contribution < 1.29 is 4.79 Å². The Morgan fingerprint density at radius 2 is 1.84 bits per heavy atom. The van der Waals surface area contributed by atoms with Gasteiger partial charge in [0.2, 0.25) is 0 Å². The zero-order valence-corrected chi connectivity index (χ0v) is 17.9. The number of nitrogens with one attached hydrogen (secondary N) is 1. The van der Waals surface area contributed by atoms with Gasteiger partial charge in [0.25, 0.3) is 5.91 Å². The lowest BCUT2D eigenvalue weighted by Gasteiger charge is -2.39. The number of pyridine rings is 1. The van der Waals surface area contributed by atoms with Gasteiger partial charge in [-0.2, -0.15) is 5.10 Å². The van der Waals surface area contributed by atoms with Crippen molar-refractivity contribution in [2.45, 2.75) is 57.5 Å². The number of benzene rings is 1. The average molecular weight is 415 g/mol. The minimum Gasteiger partial charge on any atom is -0.349 e. The van der Waals surface area contributed by atoms with E-state index >= 15 is 0 Å². The van der Waals surface area contributed by atoms with Crippen LogP contribution >= 0.6 is 0 Å². The van der Waals surface area contributed by atoms with Gasteiger partial charge >= 0.3 is 0 Å². The molecule has 2 aliphatic carbocycles. The molecule has 5 heteroatoms. The van der Waals surface area contributed by atoms with Crippen LogP contribution in [0.3, 0.4) is 0 Å². The zero-order chi connectivity index (χ0) is 21.0. The molecule has 1 amide bonds. The Balaban J connectivity index is 1.37. The molecule has 31 heavy (non-hydrogen) atoms. The molecule has 0 bridgehead atoms. The Labute approximate surface area is 183 Å². The van der Waals surface area contributed by atoms with Gasteiger partial charge in [-0.1, -0.05) is 56.0 Å². The molecule has 2 heterocycles. The number of nitrogens with zero attached hydrogens (tertiary/aromatic N) is 3. The Kier molecular flexibility index (Phi) is 5.83. The van der Waals surface area contributed by atoms with Crippen molar-refractivity contribution in [2.75, 3.05) is 0 Å². The summed E-state index contributed by atoms with van der Waals surface area (Å²) in [5.74, 6) is 1.64. The van der Waals surface area contributed by atoms with Gasteiger partial charge in [0.05, 0.1) is 12.1 Å². The molecule has 0 unspecified atom stereocenters. The molecule has 0 spiro atoms. The molecule has 5 rings (SSSR count). The predicted octanol–water partition coefficient (Wildman–Crippen LogP) is 5.08. The first kappa shape index (κ1) is 20.0. The second-order valence-corrected chi connectivity index (χ2v) is 9.10. The van der Waals surface area contributed by atoms with Crippen LogP contribution in [0.25, 0.3) is 11.3 Å². The van der Waals surface area contributed by atoms with Crippen LogP contribution in [0.2, 0.25) is 0 Å². The van der Waals surface area contributed by atoms with Gasteiger partial charge < -0.3 is 5.32 Å². The van der Waals surface area contributed by atoms with Crippen molar-refractivity contribution in [3.8, 4) is 11.3 Å². The molecule has 1 N–H and O–H groups in total. The number of amides is 1. The number of fused-ring (bicyclic) bond motifs is 1. The fourth-order valence-corrected chi connectivity index (χ4v) is 5.42. The molecule has 2 saturated carbocycles. The van der Waals surface area contributed by atoms with Gasteiger partial charge in [-0.3, -0.25) is 14.5 Å². The molecule has 3 aromatic rings. The smallest absolute Gasteiger partial charge is 0.255 e. The first-order chi connectivity index (χ1) is 15.3. The zero-order valence-electron chi connectivity index (χ0n) is 17.9. The topological polar surface area (TPSA) is 59.8 Å². The molecule has 2 aromatic heterocycles. The lowest BCUT2D eigenvalue weighted by atomic mass is 9.69. The molecule has 0 radical (unpaired) electrons. The highest BCUT2D eigenvalue weighted by atomic mass is 16.1. The minimum absolute atomic E-state index is 0.0163. The summed E-state index contributed by atoms with van der Waals surface area (Å²) in [6.07, 6.45) is 14.3. The highest BCUT2D eigenvalue weighted by Crippen LogP contribution is 2.40. The first-order valence-electron chi connectivity index (χ1n) is 11.6. The molecule has 0 saturated heterocycles. The van der Waals surface area contributed by atoms with Gasteiger partial charge in [0.15, 0.2) is 0 Å². The maximum absolute atomic E-state index is 13.3. The van der Waals surface area contributed by atoms with Crippen molar-refractivity contribution in [1.82, 2.24) is 20.1 Å². The van der Waals surface area contributed by atoms with Crippen LogP contribution in [0.1, 0.15) is 60.9 Å². The molecule has 2 fully saturated rings. The maximum Gasteiger partial charge on any atom is 0.255 e. The second kappa shape index (κ2) is 9.04. The summed E-state index contributed by atoms with van der Waals surface area (Å²) in [4.78, 5) is 17.6. The quantitative estimate of drug-likeness (QED) is 0.633. The summed E-state index contributed by atoms with van der Waals surface area (Å²) in [6, 6.07) is 14.3. The highest BCUT2D eigenvalue weighted by molar-refractivity contribution is 5.99. The fourth-order valence-electron chi connectivity index (χ4n) is 5.42. The summed E-state index contributed by atoms with van der Waals surface area (Å²) in [5.41, 5.74) is 3.36. The fraction of sp³-hybridized carbons (Fsp3) is 0.423. The van der Waals surface area contributed by atoms with E-state index in [4.69, 9.17) is 5.10 Å². The van der Waals surface area contributed by atoms with Crippen molar-refractivity contribution in [2.24, 2.45) is 11.8 Å².